The van der Waals surface area contributed by atoms with E-state index in [0.717, 1.165) is 4.90 Å². The van der Waals surface area contributed by atoms with Crippen molar-refractivity contribution in [2.75, 3.05) is 49.3 Å². The summed E-state index contributed by atoms with van der Waals surface area (Å²) in [4.78, 5) is 52.8. The Balaban J connectivity index is 1.32. The molecule has 1 aromatic carbocycles. The Hall–Kier alpha value is -2.95. The highest BCUT2D eigenvalue weighted by Gasteiger charge is 2.33. The first-order valence-electron chi connectivity index (χ1n) is 10.3. The molecule has 0 spiro atoms. The highest BCUT2D eigenvalue weighted by molar-refractivity contribution is 7.93. The third-order valence-electron chi connectivity index (χ3n) is 5.87. The molecule has 0 N–H and O–H groups in total. The van der Waals surface area contributed by atoms with E-state index in [9.17, 15) is 27.6 Å². The number of sulfonamides is 1. The number of benzene rings is 1. The lowest BCUT2D eigenvalue weighted by Gasteiger charge is -2.35. The highest BCUT2D eigenvalue weighted by Crippen LogP contribution is 2.24. The molecule has 3 fully saturated rings. The van der Waals surface area contributed by atoms with Crippen molar-refractivity contribution >= 4 is 39.3 Å². The van der Waals surface area contributed by atoms with E-state index in [-0.39, 0.29) is 48.8 Å². The first-order chi connectivity index (χ1) is 14.8. The minimum atomic E-state index is -3.27. The van der Waals surface area contributed by atoms with Crippen molar-refractivity contribution in [3.05, 3.63) is 29.8 Å². The van der Waals surface area contributed by atoms with Crippen LogP contribution in [0.5, 0.6) is 0 Å². The third-order valence-corrected chi connectivity index (χ3v) is 7.74. The van der Waals surface area contributed by atoms with Gasteiger partial charge < -0.3 is 9.80 Å². The Labute approximate surface area is 180 Å². The maximum absolute atomic E-state index is 12.8. The van der Waals surface area contributed by atoms with Gasteiger partial charge in [0.2, 0.25) is 27.7 Å². The van der Waals surface area contributed by atoms with Crippen LogP contribution < -0.4 is 4.31 Å². The Bertz CT molecular complexity index is 999. The largest absolute Gasteiger partial charge is 0.338 e. The first kappa shape index (κ1) is 21.3. The molecule has 10 nitrogen and oxygen atoms in total. The molecule has 0 saturated carbocycles. The number of carbonyl (C=O) groups excluding carboxylic acids is 4. The molecule has 11 heteroatoms. The molecule has 4 amide bonds. The van der Waals surface area contributed by atoms with Gasteiger partial charge in [0.1, 0.15) is 6.54 Å². The van der Waals surface area contributed by atoms with Gasteiger partial charge in [-0.3, -0.25) is 28.4 Å². The Morgan fingerprint density at radius 3 is 1.97 bits per heavy atom. The summed E-state index contributed by atoms with van der Waals surface area (Å²) in [6, 6.07) is 6.52. The molecule has 1 aromatic rings. The molecule has 3 aliphatic heterocycles. The Morgan fingerprint density at radius 1 is 0.839 bits per heavy atom. The number of nitrogens with zero attached hydrogens (tertiary/aromatic N) is 4. The fourth-order valence-electron chi connectivity index (χ4n) is 4.08. The molecule has 166 valence electrons. The maximum Gasteiger partial charge on any atom is 0.253 e. The van der Waals surface area contributed by atoms with Crippen LogP contribution in [0.1, 0.15) is 29.6 Å². The van der Waals surface area contributed by atoms with Gasteiger partial charge in [0.25, 0.3) is 5.91 Å². The van der Waals surface area contributed by atoms with Crippen molar-refractivity contribution < 1.29 is 27.6 Å². The lowest BCUT2D eigenvalue weighted by Crippen LogP contribution is -2.53. The van der Waals surface area contributed by atoms with E-state index in [0.29, 0.717) is 50.4 Å². The van der Waals surface area contributed by atoms with Crippen LogP contribution in [-0.4, -0.2) is 91.8 Å². The van der Waals surface area contributed by atoms with E-state index in [4.69, 9.17) is 0 Å². The number of carbonyl (C=O) groups is 4. The number of hydrogen-bond donors (Lipinski definition) is 0. The summed E-state index contributed by atoms with van der Waals surface area (Å²) in [6.07, 6.45) is 0.889. The zero-order valence-electron chi connectivity index (χ0n) is 17.0. The van der Waals surface area contributed by atoms with E-state index in [1.807, 2.05) is 0 Å². The number of likely N-dealkylation sites (tertiary alicyclic amines) is 1. The second-order valence-corrected chi connectivity index (χ2v) is 9.85. The molecule has 3 saturated heterocycles. The van der Waals surface area contributed by atoms with Crippen molar-refractivity contribution in [2.24, 2.45) is 0 Å². The fraction of sp³-hybridized carbons (Fsp3) is 0.500. The molecule has 4 rings (SSSR count). The average Bonchev–Trinajstić information content (AvgIpc) is 3.28. The van der Waals surface area contributed by atoms with Crippen molar-refractivity contribution in [2.45, 2.75) is 19.3 Å². The molecule has 3 heterocycles. The highest BCUT2D eigenvalue weighted by atomic mass is 32.2. The second kappa shape index (κ2) is 8.29. The van der Waals surface area contributed by atoms with Crippen LogP contribution in [0.15, 0.2) is 24.3 Å². The predicted octanol–water partition coefficient (Wildman–Crippen LogP) is -0.340. The normalized spacial score (nSPS) is 21.2. The minimum absolute atomic E-state index is 0.136. The maximum atomic E-state index is 12.8. The molecule has 0 radical (unpaired) electrons. The molecule has 0 aromatic heterocycles. The Morgan fingerprint density at radius 2 is 1.42 bits per heavy atom. The number of hydrogen-bond acceptors (Lipinski definition) is 6. The quantitative estimate of drug-likeness (QED) is 0.582. The summed E-state index contributed by atoms with van der Waals surface area (Å²) < 4.78 is 25.4. The molecular formula is C20H24N4O6S. The van der Waals surface area contributed by atoms with Crippen molar-refractivity contribution in [3.8, 4) is 0 Å². The van der Waals surface area contributed by atoms with Crippen molar-refractivity contribution in [1.82, 2.24) is 14.7 Å². The zero-order chi connectivity index (χ0) is 22.2. The van der Waals surface area contributed by atoms with Gasteiger partial charge in [-0.15, -0.1) is 0 Å². The molecular weight excluding hydrogens is 424 g/mol. The summed E-state index contributed by atoms with van der Waals surface area (Å²) in [5, 5.41) is 0. The molecule has 0 atom stereocenters. The zero-order valence-corrected chi connectivity index (χ0v) is 17.8. The number of anilines is 1. The van der Waals surface area contributed by atoms with Gasteiger partial charge in [-0.25, -0.2) is 8.42 Å². The summed E-state index contributed by atoms with van der Waals surface area (Å²) in [5.74, 6) is -0.995. The van der Waals surface area contributed by atoms with Gasteiger partial charge >= 0.3 is 0 Å². The van der Waals surface area contributed by atoms with Gasteiger partial charge in [-0.05, 0) is 30.7 Å². The van der Waals surface area contributed by atoms with Crippen LogP contribution in [0.25, 0.3) is 0 Å². The van der Waals surface area contributed by atoms with Gasteiger partial charge in [0, 0.05) is 51.1 Å². The smallest absolute Gasteiger partial charge is 0.253 e. The monoisotopic (exact) mass is 448 g/mol. The summed E-state index contributed by atoms with van der Waals surface area (Å²) >= 11 is 0. The Kier molecular flexibility index (Phi) is 5.69. The van der Waals surface area contributed by atoms with E-state index in [1.165, 1.54) is 4.31 Å². The van der Waals surface area contributed by atoms with Gasteiger partial charge in [0.15, 0.2) is 0 Å². The molecule has 31 heavy (non-hydrogen) atoms. The van der Waals surface area contributed by atoms with Crippen LogP contribution in [0, 0.1) is 0 Å². The standard InChI is InChI=1S/C20H24N4O6S/c25-17-6-7-18(26)23(17)14-19(27)21-9-11-22(12-10-21)20(28)15-2-4-16(5-3-15)24-8-1-13-31(24,29)30/h2-5H,1,6-14H2. The second-order valence-electron chi connectivity index (χ2n) is 7.84. The van der Waals surface area contributed by atoms with E-state index >= 15 is 0 Å². The van der Waals surface area contributed by atoms with Gasteiger partial charge in [-0.1, -0.05) is 0 Å². The van der Waals surface area contributed by atoms with Crippen molar-refractivity contribution in [3.63, 3.8) is 0 Å². The SMILES string of the molecule is O=C(CN1C(=O)CCC1=O)N1CCN(C(=O)c2ccc(N3CCCS3(=O)=O)cc2)CC1. The number of piperazine rings is 1. The third kappa shape index (κ3) is 4.27. The van der Waals surface area contributed by atoms with E-state index in [1.54, 1.807) is 34.1 Å². The number of amides is 4. The van der Waals surface area contributed by atoms with Gasteiger partial charge in [-0.2, -0.15) is 0 Å². The number of imide groups is 1. The van der Waals surface area contributed by atoms with E-state index < -0.39 is 10.0 Å². The molecule has 0 bridgehead atoms. The van der Waals surface area contributed by atoms with Crippen LogP contribution in [0.2, 0.25) is 0 Å². The summed E-state index contributed by atoms with van der Waals surface area (Å²) in [7, 11) is -3.27. The minimum Gasteiger partial charge on any atom is -0.338 e. The number of rotatable bonds is 4. The topological polar surface area (TPSA) is 115 Å². The average molecular weight is 449 g/mol. The van der Waals surface area contributed by atoms with Crippen LogP contribution in [0.4, 0.5) is 5.69 Å². The summed E-state index contributed by atoms with van der Waals surface area (Å²) in [6.45, 7) is 1.53. The van der Waals surface area contributed by atoms with E-state index in [2.05, 4.69) is 0 Å². The summed E-state index contributed by atoms with van der Waals surface area (Å²) in [5.41, 5.74) is 1.00. The van der Waals surface area contributed by atoms with Crippen LogP contribution >= 0.6 is 0 Å². The van der Waals surface area contributed by atoms with Gasteiger partial charge in [0.05, 0.1) is 11.4 Å². The van der Waals surface area contributed by atoms with Crippen molar-refractivity contribution in [1.29, 1.82) is 0 Å². The fourth-order valence-corrected chi connectivity index (χ4v) is 5.64. The lowest BCUT2D eigenvalue weighted by molar-refractivity contribution is -0.146. The lowest BCUT2D eigenvalue weighted by atomic mass is 10.1. The predicted molar refractivity (Wildman–Crippen MR) is 111 cm³/mol. The molecule has 3 aliphatic rings. The molecule has 0 aliphatic carbocycles. The first-order valence-corrected chi connectivity index (χ1v) is 11.9. The van der Waals surface area contributed by atoms with Crippen LogP contribution in [-0.2, 0) is 24.4 Å². The van der Waals surface area contributed by atoms with Crippen LogP contribution in [0.3, 0.4) is 0 Å². The molecule has 0 unspecified atom stereocenters.